The van der Waals surface area contributed by atoms with E-state index in [9.17, 15) is 9.90 Å². The minimum absolute atomic E-state index is 0.621. The van der Waals surface area contributed by atoms with Crippen molar-refractivity contribution in [3.8, 4) is 0 Å². The molecular weight excluding hydrogens is 252 g/mol. The molecule has 0 saturated heterocycles. The quantitative estimate of drug-likeness (QED) is 0.846. The van der Waals surface area contributed by atoms with Crippen LogP contribution in [0.2, 0.25) is 0 Å². The third-order valence-corrected chi connectivity index (χ3v) is 5.29. The fourth-order valence-corrected chi connectivity index (χ4v) is 4.16. The van der Waals surface area contributed by atoms with Gasteiger partial charge < -0.3 is 5.11 Å². The van der Waals surface area contributed by atoms with Crippen LogP contribution in [0.3, 0.4) is 0 Å². The molecule has 0 atom stereocenters. The van der Waals surface area contributed by atoms with Crippen LogP contribution in [-0.4, -0.2) is 23.6 Å². The molecule has 1 aromatic rings. The van der Waals surface area contributed by atoms with Crippen molar-refractivity contribution in [2.75, 3.05) is 12.5 Å². The van der Waals surface area contributed by atoms with Gasteiger partial charge in [-0.3, -0.25) is 4.79 Å². The van der Waals surface area contributed by atoms with E-state index in [0.717, 1.165) is 29.7 Å². The van der Waals surface area contributed by atoms with Crippen LogP contribution in [0, 0.1) is 0 Å². The van der Waals surface area contributed by atoms with Crippen molar-refractivity contribution in [2.45, 2.75) is 34.5 Å². The van der Waals surface area contributed by atoms with Gasteiger partial charge >= 0.3 is 5.97 Å². The highest BCUT2D eigenvalue weighted by Crippen LogP contribution is 2.48. The smallest absolute Gasteiger partial charge is 0.314 e. The lowest BCUT2D eigenvalue weighted by atomic mass is 9.64. The number of thioether (sulfide) groups is 2. The molecule has 0 amide bonds. The van der Waals surface area contributed by atoms with E-state index in [2.05, 4.69) is 6.07 Å². The molecule has 0 heterocycles. The van der Waals surface area contributed by atoms with Crippen molar-refractivity contribution in [3.63, 3.8) is 0 Å². The van der Waals surface area contributed by atoms with Gasteiger partial charge in [0.2, 0.25) is 0 Å². The van der Waals surface area contributed by atoms with E-state index in [1.807, 2.05) is 24.6 Å². The largest absolute Gasteiger partial charge is 0.481 e. The summed E-state index contributed by atoms with van der Waals surface area (Å²) < 4.78 is 0. The van der Waals surface area contributed by atoms with Gasteiger partial charge in [0.1, 0.15) is 0 Å². The second kappa shape index (κ2) is 4.94. The molecule has 1 fully saturated rings. The molecule has 17 heavy (non-hydrogen) atoms. The van der Waals surface area contributed by atoms with Crippen LogP contribution in [-0.2, 0) is 10.2 Å². The average molecular weight is 268 g/mol. The second-order valence-corrected chi connectivity index (χ2v) is 5.95. The van der Waals surface area contributed by atoms with Crippen LogP contribution in [0.5, 0.6) is 0 Å². The number of carboxylic acids is 1. The Morgan fingerprint density at radius 3 is 2.41 bits per heavy atom. The molecule has 2 nitrogen and oxygen atoms in total. The van der Waals surface area contributed by atoms with E-state index in [-0.39, 0.29) is 0 Å². The molecule has 0 aliphatic heterocycles. The van der Waals surface area contributed by atoms with E-state index in [4.69, 9.17) is 0 Å². The Balaban J connectivity index is 2.54. The first-order chi connectivity index (χ1) is 8.15. The molecule has 2 rings (SSSR count). The predicted molar refractivity (Wildman–Crippen MR) is 73.2 cm³/mol. The Morgan fingerprint density at radius 2 is 2.00 bits per heavy atom. The summed E-state index contributed by atoms with van der Waals surface area (Å²) in [6, 6.07) is 6.02. The fourth-order valence-electron chi connectivity index (χ4n) is 2.39. The first-order valence-corrected chi connectivity index (χ1v) is 8.05. The third kappa shape index (κ3) is 1.97. The molecule has 1 aliphatic rings. The van der Waals surface area contributed by atoms with Gasteiger partial charge in [0.05, 0.1) is 5.41 Å². The lowest BCUT2D eigenvalue weighted by molar-refractivity contribution is -0.147. The molecule has 92 valence electrons. The van der Waals surface area contributed by atoms with Crippen molar-refractivity contribution in [2.24, 2.45) is 0 Å². The van der Waals surface area contributed by atoms with Crippen molar-refractivity contribution in [1.29, 1.82) is 0 Å². The summed E-state index contributed by atoms with van der Waals surface area (Å²) in [6.07, 6.45) is 6.62. The Labute approximate surface area is 110 Å². The predicted octanol–water partition coefficient (Wildman–Crippen LogP) is 3.64. The highest BCUT2D eigenvalue weighted by Gasteiger charge is 2.47. The van der Waals surface area contributed by atoms with Crippen LogP contribution in [0.25, 0.3) is 0 Å². The molecule has 0 radical (unpaired) electrons. The van der Waals surface area contributed by atoms with Crippen molar-refractivity contribution >= 4 is 29.5 Å². The van der Waals surface area contributed by atoms with Gasteiger partial charge in [-0.2, -0.15) is 0 Å². The highest BCUT2D eigenvalue weighted by molar-refractivity contribution is 8.01. The minimum Gasteiger partial charge on any atom is -0.481 e. The zero-order valence-corrected chi connectivity index (χ0v) is 11.7. The molecule has 0 spiro atoms. The fraction of sp³-hybridized carbons (Fsp3) is 0.462. The summed E-state index contributed by atoms with van der Waals surface area (Å²) >= 11 is 3.34. The number of rotatable bonds is 4. The maximum absolute atomic E-state index is 11.6. The standard InChI is InChI=1S/C13H16O2S2/c1-16-10-6-3-5-9(11(10)17-2)13(12(14)15)7-4-8-13/h3,5-6H,4,7-8H2,1-2H3,(H,14,15). The van der Waals surface area contributed by atoms with Crippen LogP contribution in [0.1, 0.15) is 24.8 Å². The van der Waals surface area contributed by atoms with E-state index < -0.39 is 11.4 Å². The Hall–Kier alpha value is -0.610. The van der Waals surface area contributed by atoms with Crippen LogP contribution in [0.15, 0.2) is 28.0 Å². The second-order valence-electron chi connectivity index (χ2n) is 4.28. The monoisotopic (exact) mass is 268 g/mol. The zero-order valence-electron chi connectivity index (χ0n) is 10.0. The number of carboxylic acid groups (broad SMARTS) is 1. The molecular formula is C13H16O2S2. The average Bonchev–Trinajstić information content (AvgIpc) is 2.26. The van der Waals surface area contributed by atoms with Gasteiger partial charge in [-0.15, -0.1) is 23.5 Å². The van der Waals surface area contributed by atoms with E-state index >= 15 is 0 Å². The van der Waals surface area contributed by atoms with Gasteiger partial charge in [-0.25, -0.2) is 0 Å². The van der Waals surface area contributed by atoms with Crippen molar-refractivity contribution < 1.29 is 9.90 Å². The molecule has 1 aliphatic carbocycles. The zero-order chi connectivity index (χ0) is 12.5. The Kier molecular flexibility index (Phi) is 3.73. The highest BCUT2D eigenvalue weighted by atomic mass is 32.2. The summed E-state index contributed by atoms with van der Waals surface area (Å²) in [6.45, 7) is 0. The Morgan fingerprint density at radius 1 is 1.29 bits per heavy atom. The maximum Gasteiger partial charge on any atom is 0.314 e. The summed E-state index contributed by atoms with van der Waals surface area (Å²) in [5, 5.41) is 9.50. The van der Waals surface area contributed by atoms with Crippen LogP contribution >= 0.6 is 23.5 Å². The molecule has 0 unspecified atom stereocenters. The molecule has 1 N–H and O–H groups in total. The lowest BCUT2D eigenvalue weighted by Gasteiger charge is -2.39. The molecule has 1 saturated carbocycles. The minimum atomic E-state index is -0.669. The number of benzene rings is 1. The van der Waals surface area contributed by atoms with E-state index in [1.165, 1.54) is 4.90 Å². The van der Waals surface area contributed by atoms with Gasteiger partial charge in [0, 0.05) is 9.79 Å². The van der Waals surface area contributed by atoms with Crippen molar-refractivity contribution in [1.82, 2.24) is 0 Å². The van der Waals surface area contributed by atoms with Crippen LogP contribution < -0.4 is 0 Å². The number of aliphatic carboxylic acids is 1. The molecule has 0 bridgehead atoms. The third-order valence-electron chi connectivity index (χ3n) is 3.54. The number of carbonyl (C=O) groups is 1. The van der Waals surface area contributed by atoms with Crippen molar-refractivity contribution in [3.05, 3.63) is 23.8 Å². The number of hydrogen-bond acceptors (Lipinski definition) is 3. The SMILES string of the molecule is CSc1cccc(C2(C(=O)O)CCC2)c1SC. The summed E-state index contributed by atoms with van der Waals surface area (Å²) in [5.41, 5.74) is 0.389. The van der Waals surface area contributed by atoms with E-state index in [0.29, 0.717) is 0 Å². The number of hydrogen-bond donors (Lipinski definition) is 1. The van der Waals surface area contributed by atoms with Gasteiger partial charge in [-0.05, 0) is 37.0 Å². The normalized spacial score (nSPS) is 17.5. The van der Waals surface area contributed by atoms with E-state index in [1.54, 1.807) is 23.5 Å². The Bertz CT molecular complexity index is 439. The molecule has 0 aromatic heterocycles. The first kappa shape index (κ1) is 12.8. The summed E-state index contributed by atoms with van der Waals surface area (Å²) in [7, 11) is 0. The lowest BCUT2D eigenvalue weighted by Crippen LogP contribution is -2.42. The summed E-state index contributed by atoms with van der Waals surface area (Å²) in [4.78, 5) is 13.9. The maximum atomic E-state index is 11.6. The topological polar surface area (TPSA) is 37.3 Å². The van der Waals surface area contributed by atoms with Gasteiger partial charge in [0.25, 0.3) is 0 Å². The summed E-state index contributed by atoms with van der Waals surface area (Å²) in [5.74, 6) is -0.669. The molecule has 4 heteroatoms. The first-order valence-electron chi connectivity index (χ1n) is 5.60. The van der Waals surface area contributed by atoms with Gasteiger partial charge in [-0.1, -0.05) is 18.6 Å². The molecule has 1 aromatic carbocycles. The van der Waals surface area contributed by atoms with Crippen LogP contribution in [0.4, 0.5) is 0 Å². The van der Waals surface area contributed by atoms with Gasteiger partial charge in [0.15, 0.2) is 0 Å².